The van der Waals surface area contributed by atoms with Gasteiger partial charge < -0.3 is 15.2 Å². The smallest absolute Gasteiger partial charge is 0.187 e. The van der Waals surface area contributed by atoms with E-state index in [2.05, 4.69) is 9.88 Å². The highest BCUT2D eigenvalue weighted by atomic mass is 16.3. The number of aliphatic hydroxyl groups is 2. The van der Waals surface area contributed by atoms with Crippen LogP contribution < -0.4 is 5.43 Å². The molecular formula is C16H24N2O3. The van der Waals surface area contributed by atoms with Crippen molar-refractivity contribution in [3.8, 4) is 0 Å². The van der Waals surface area contributed by atoms with E-state index < -0.39 is 0 Å². The molecule has 0 aromatic carbocycles. The number of nitrogens with one attached hydrogen (secondary N) is 1. The summed E-state index contributed by atoms with van der Waals surface area (Å²) in [6.45, 7) is 6.11. The van der Waals surface area contributed by atoms with Gasteiger partial charge in [0, 0.05) is 41.4 Å². The number of nitrogens with zero attached hydrogens (tertiary/aromatic N) is 1. The number of H-pyrrole nitrogens is 1. The molecule has 2 heterocycles. The van der Waals surface area contributed by atoms with E-state index in [0.29, 0.717) is 6.42 Å². The Morgan fingerprint density at radius 3 is 2.48 bits per heavy atom. The van der Waals surface area contributed by atoms with E-state index in [9.17, 15) is 15.0 Å². The van der Waals surface area contributed by atoms with Crippen molar-refractivity contribution in [1.82, 2.24) is 9.88 Å². The number of hydrogen-bond acceptors (Lipinski definition) is 4. The van der Waals surface area contributed by atoms with Gasteiger partial charge in [0.1, 0.15) is 0 Å². The van der Waals surface area contributed by atoms with Gasteiger partial charge in [0.25, 0.3) is 0 Å². The third kappa shape index (κ3) is 2.33. The molecule has 5 heteroatoms. The van der Waals surface area contributed by atoms with E-state index in [1.54, 1.807) is 6.20 Å². The topological polar surface area (TPSA) is 76.6 Å². The molecule has 5 nitrogen and oxygen atoms in total. The summed E-state index contributed by atoms with van der Waals surface area (Å²) in [4.78, 5) is 17.5. The number of aromatic amines is 1. The molecule has 0 bridgehead atoms. The van der Waals surface area contributed by atoms with Gasteiger partial charge in [-0.1, -0.05) is 0 Å². The maximum absolute atomic E-state index is 12.0. The van der Waals surface area contributed by atoms with Crippen molar-refractivity contribution >= 4 is 0 Å². The number of hydrogen-bond donors (Lipinski definition) is 3. The third-order valence-electron chi connectivity index (χ3n) is 5.56. The number of aromatic nitrogens is 1. The van der Waals surface area contributed by atoms with Crippen molar-refractivity contribution < 1.29 is 10.2 Å². The summed E-state index contributed by atoms with van der Waals surface area (Å²) in [5, 5.41) is 19.9. The quantitative estimate of drug-likeness (QED) is 0.750. The highest BCUT2D eigenvalue weighted by molar-refractivity contribution is 5.23. The molecule has 2 fully saturated rings. The minimum absolute atomic E-state index is 0.113. The predicted molar refractivity (Wildman–Crippen MR) is 80.1 cm³/mol. The number of likely N-dealkylation sites (tertiary alicyclic amines) is 1. The molecule has 1 saturated carbocycles. The van der Waals surface area contributed by atoms with E-state index >= 15 is 0 Å². The second-order valence-electron chi connectivity index (χ2n) is 6.68. The van der Waals surface area contributed by atoms with Crippen LogP contribution in [0.2, 0.25) is 0 Å². The Labute approximate surface area is 124 Å². The molecule has 1 aliphatic heterocycles. The van der Waals surface area contributed by atoms with Gasteiger partial charge in [-0.2, -0.15) is 0 Å². The molecule has 21 heavy (non-hydrogen) atoms. The first kappa shape index (κ1) is 14.8. The lowest BCUT2D eigenvalue weighted by atomic mass is 9.58. The van der Waals surface area contributed by atoms with Crippen LogP contribution in [0.3, 0.4) is 0 Å². The predicted octanol–water partition coefficient (Wildman–Crippen LogP) is 0.699. The van der Waals surface area contributed by atoms with Crippen LogP contribution in [-0.2, 0) is 6.54 Å². The minimum atomic E-state index is -0.351. The minimum Gasteiger partial charge on any atom is -0.392 e. The Balaban J connectivity index is 1.66. The van der Waals surface area contributed by atoms with E-state index in [1.165, 1.54) is 0 Å². The van der Waals surface area contributed by atoms with Gasteiger partial charge in [0.2, 0.25) is 0 Å². The zero-order valence-corrected chi connectivity index (χ0v) is 12.7. The summed E-state index contributed by atoms with van der Waals surface area (Å²) < 4.78 is 0. The van der Waals surface area contributed by atoms with Crippen molar-refractivity contribution in [2.24, 2.45) is 5.41 Å². The molecule has 2 aliphatic rings. The fourth-order valence-electron chi connectivity index (χ4n) is 3.73. The molecule has 2 atom stereocenters. The lowest BCUT2D eigenvalue weighted by molar-refractivity contribution is -0.190. The molecule has 0 radical (unpaired) electrons. The summed E-state index contributed by atoms with van der Waals surface area (Å²) in [6.07, 6.45) is 3.24. The molecular weight excluding hydrogens is 268 g/mol. The van der Waals surface area contributed by atoms with E-state index in [-0.39, 0.29) is 23.1 Å². The van der Waals surface area contributed by atoms with Gasteiger partial charge in [-0.05, 0) is 39.8 Å². The van der Waals surface area contributed by atoms with Crippen LogP contribution in [0.1, 0.15) is 36.1 Å². The summed E-state index contributed by atoms with van der Waals surface area (Å²) in [5.41, 5.74) is 2.35. The highest BCUT2D eigenvalue weighted by Gasteiger charge is 2.54. The van der Waals surface area contributed by atoms with Crippen molar-refractivity contribution in [3.63, 3.8) is 0 Å². The summed E-state index contributed by atoms with van der Waals surface area (Å²) in [6, 6.07) is 0. The summed E-state index contributed by atoms with van der Waals surface area (Å²) in [7, 11) is 0. The average Bonchev–Trinajstić information content (AvgIpc) is 2.49. The zero-order chi connectivity index (χ0) is 15.2. The number of aryl methyl sites for hydroxylation is 1. The van der Waals surface area contributed by atoms with E-state index in [1.807, 2.05) is 13.8 Å². The summed E-state index contributed by atoms with van der Waals surface area (Å²) in [5.74, 6) is 0. The van der Waals surface area contributed by atoms with Crippen molar-refractivity contribution in [3.05, 3.63) is 33.2 Å². The zero-order valence-electron chi connectivity index (χ0n) is 12.7. The Morgan fingerprint density at radius 2 is 1.90 bits per heavy atom. The summed E-state index contributed by atoms with van der Waals surface area (Å²) >= 11 is 0. The number of pyridine rings is 1. The number of piperidine rings is 1. The van der Waals surface area contributed by atoms with E-state index in [4.69, 9.17) is 0 Å². The fraction of sp³-hybridized carbons (Fsp3) is 0.688. The highest BCUT2D eigenvalue weighted by Crippen LogP contribution is 2.49. The van der Waals surface area contributed by atoms with Crippen molar-refractivity contribution in [2.45, 2.75) is 51.9 Å². The molecule has 1 aromatic heterocycles. The third-order valence-corrected chi connectivity index (χ3v) is 5.56. The van der Waals surface area contributed by atoms with Crippen LogP contribution in [0.25, 0.3) is 0 Å². The van der Waals surface area contributed by atoms with Gasteiger partial charge >= 0.3 is 0 Å². The fourth-order valence-corrected chi connectivity index (χ4v) is 3.73. The first-order valence-corrected chi connectivity index (χ1v) is 7.70. The standard InChI is InChI=1S/C16H24N2O3/c1-10-8-17-12(11(2)15(10)21)9-18-5-3-16(4-6-18)13(19)7-14(16)20/h8,13-14,19-20H,3-7,9H2,1-2H3,(H,17,21)/t13-,14+. The number of rotatable bonds is 2. The first-order chi connectivity index (χ1) is 9.94. The molecule has 116 valence electrons. The first-order valence-electron chi connectivity index (χ1n) is 7.70. The van der Waals surface area contributed by atoms with Crippen molar-refractivity contribution in [1.29, 1.82) is 0 Å². The van der Waals surface area contributed by atoms with Crippen LogP contribution in [0.15, 0.2) is 11.0 Å². The van der Waals surface area contributed by atoms with Gasteiger partial charge in [-0.25, -0.2) is 0 Å². The van der Waals surface area contributed by atoms with Gasteiger partial charge in [-0.15, -0.1) is 0 Å². The van der Waals surface area contributed by atoms with Crippen molar-refractivity contribution in [2.75, 3.05) is 13.1 Å². The number of aliphatic hydroxyl groups excluding tert-OH is 2. The molecule has 1 saturated heterocycles. The normalized spacial score (nSPS) is 28.6. The van der Waals surface area contributed by atoms with Crippen LogP contribution in [0.4, 0.5) is 0 Å². The van der Waals surface area contributed by atoms with Gasteiger partial charge in [-0.3, -0.25) is 9.69 Å². The largest absolute Gasteiger partial charge is 0.392 e. The van der Waals surface area contributed by atoms with Crippen LogP contribution in [-0.4, -0.2) is 45.4 Å². The molecule has 1 aromatic rings. The van der Waals surface area contributed by atoms with Crippen LogP contribution in [0.5, 0.6) is 0 Å². The molecule has 1 spiro atoms. The monoisotopic (exact) mass is 292 g/mol. The molecule has 3 N–H and O–H groups in total. The molecule has 1 aliphatic carbocycles. The Morgan fingerprint density at radius 1 is 1.29 bits per heavy atom. The lowest BCUT2D eigenvalue weighted by Gasteiger charge is -2.55. The van der Waals surface area contributed by atoms with Crippen LogP contribution >= 0.6 is 0 Å². The maximum atomic E-state index is 12.0. The molecule has 0 unspecified atom stereocenters. The molecule has 0 amide bonds. The second-order valence-corrected chi connectivity index (χ2v) is 6.68. The Hall–Kier alpha value is -1.17. The SMILES string of the molecule is Cc1c[nH]c(CN2CCC3(CC2)[C@H](O)C[C@@H]3O)c(C)c1=O. The Bertz CT molecular complexity index is 578. The van der Waals surface area contributed by atoms with Gasteiger partial charge in [0.05, 0.1) is 12.2 Å². The second kappa shape index (κ2) is 5.23. The average molecular weight is 292 g/mol. The maximum Gasteiger partial charge on any atom is 0.187 e. The van der Waals surface area contributed by atoms with Crippen LogP contribution in [0, 0.1) is 19.3 Å². The Kier molecular flexibility index (Phi) is 3.67. The molecule has 3 rings (SSSR count). The van der Waals surface area contributed by atoms with Gasteiger partial charge in [0.15, 0.2) is 5.43 Å². The van der Waals surface area contributed by atoms with E-state index in [0.717, 1.165) is 49.3 Å². The lowest BCUT2D eigenvalue weighted by Crippen LogP contribution is -2.61.